The fourth-order valence-corrected chi connectivity index (χ4v) is 1.45. The SMILES string of the molecule is CCOC(=O)c1ncn(CCc2ncon2)c1N. The second kappa shape index (κ2) is 5.30. The molecule has 0 saturated heterocycles. The molecule has 2 rings (SSSR count). The molecule has 18 heavy (non-hydrogen) atoms. The Bertz CT molecular complexity index is 520. The number of nitrogens with two attached hydrogens (primary N) is 1. The second-order valence-corrected chi connectivity index (χ2v) is 3.49. The molecule has 2 heterocycles. The molecule has 0 fully saturated rings. The van der Waals surface area contributed by atoms with Gasteiger partial charge in [0.1, 0.15) is 5.82 Å². The zero-order valence-corrected chi connectivity index (χ0v) is 9.87. The van der Waals surface area contributed by atoms with Crippen molar-refractivity contribution >= 4 is 11.8 Å². The third kappa shape index (κ3) is 2.47. The molecule has 8 heteroatoms. The number of imidazole rings is 1. The van der Waals surface area contributed by atoms with Crippen LogP contribution in [0.15, 0.2) is 17.2 Å². The van der Waals surface area contributed by atoms with Crippen LogP contribution in [0.3, 0.4) is 0 Å². The van der Waals surface area contributed by atoms with Crippen molar-refractivity contribution in [2.45, 2.75) is 19.9 Å². The van der Waals surface area contributed by atoms with Crippen LogP contribution in [-0.4, -0.2) is 32.3 Å². The number of carbonyl (C=O) groups excluding carboxylic acids is 1. The molecule has 0 radical (unpaired) electrons. The first kappa shape index (κ1) is 12.1. The molecule has 0 aliphatic carbocycles. The van der Waals surface area contributed by atoms with Crippen LogP contribution in [0.2, 0.25) is 0 Å². The molecule has 0 spiro atoms. The van der Waals surface area contributed by atoms with E-state index in [0.29, 0.717) is 18.8 Å². The summed E-state index contributed by atoms with van der Waals surface area (Å²) < 4.78 is 11.1. The van der Waals surface area contributed by atoms with E-state index in [9.17, 15) is 4.79 Å². The summed E-state index contributed by atoms with van der Waals surface area (Å²) in [6.45, 7) is 2.52. The molecule has 0 amide bonds. The van der Waals surface area contributed by atoms with E-state index in [1.165, 1.54) is 12.7 Å². The summed E-state index contributed by atoms with van der Waals surface area (Å²) in [5, 5.41) is 3.68. The average Bonchev–Trinajstić information content (AvgIpc) is 2.96. The zero-order chi connectivity index (χ0) is 13.0. The van der Waals surface area contributed by atoms with Gasteiger partial charge in [-0.15, -0.1) is 0 Å². The number of ether oxygens (including phenoxy) is 1. The highest BCUT2D eigenvalue weighted by atomic mass is 16.5. The molecule has 2 aromatic rings. The Labute approximate surface area is 103 Å². The van der Waals surface area contributed by atoms with Crippen LogP contribution >= 0.6 is 0 Å². The van der Waals surface area contributed by atoms with Gasteiger partial charge in [-0.2, -0.15) is 4.98 Å². The first-order valence-corrected chi connectivity index (χ1v) is 5.45. The summed E-state index contributed by atoms with van der Waals surface area (Å²) >= 11 is 0. The topological polar surface area (TPSA) is 109 Å². The molecule has 96 valence electrons. The normalized spacial score (nSPS) is 10.5. The Morgan fingerprint density at radius 2 is 2.39 bits per heavy atom. The van der Waals surface area contributed by atoms with Crippen LogP contribution in [0, 0.1) is 0 Å². The Hall–Kier alpha value is -2.38. The second-order valence-electron chi connectivity index (χ2n) is 3.49. The first-order chi connectivity index (χ1) is 8.72. The van der Waals surface area contributed by atoms with Gasteiger partial charge in [-0.05, 0) is 6.92 Å². The maximum absolute atomic E-state index is 11.5. The maximum atomic E-state index is 11.5. The minimum atomic E-state index is -0.520. The highest BCUT2D eigenvalue weighted by Crippen LogP contribution is 2.12. The number of nitrogens with zero attached hydrogens (tertiary/aromatic N) is 4. The Kier molecular flexibility index (Phi) is 3.56. The van der Waals surface area contributed by atoms with E-state index < -0.39 is 5.97 Å². The van der Waals surface area contributed by atoms with Crippen molar-refractivity contribution < 1.29 is 14.1 Å². The number of anilines is 1. The monoisotopic (exact) mass is 251 g/mol. The van der Waals surface area contributed by atoms with Crippen molar-refractivity contribution in [3.8, 4) is 0 Å². The van der Waals surface area contributed by atoms with Gasteiger partial charge < -0.3 is 19.6 Å². The molecule has 2 N–H and O–H groups in total. The molecular weight excluding hydrogens is 238 g/mol. The van der Waals surface area contributed by atoms with Crippen molar-refractivity contribution in [2.75, 3.05) is 12.3 Å². The van der Waals surface area contributed by atoms with Crippen LogP contribution in [-0.2, 0) is 17.7 Å². The van der Waals surface area contributed by atoms with Gasteiger partial charge >= 0.3 is 5.97 Å². The molecule has 0 saturated carbocycles. The standard InChI is InChI=1S/C10H13N5O3/c1-2-17-10(16)8-9(11)15(5-12-8)4-3-7-13-6-18-14-7/h5-6H,2-4,11H2,1H3. The number of aryl methyl sites for hydroxylation is 2. The lowest BCUT2D eigenvalue weighted by atomic mass is 10.4. The van der Waals surface area contributed by atoms with E-state index in [2.05, 4.69) is 19.6 Å². The molecule has 0 bridgehead atoms. The number of rotatable bonds is 5. The Morgan fingerprint density at radius 1 is 1.56 bits per heavy atom. The van der Waals surface area contributed by atoms with Gasteiger partial charge in [0.2, 0.25) is 6.39 Å². The highest BCUT2D eigenvalue weighted by molar-refractivity contribution is 5.92. The van der Waals surface area contributed by atoms with E-state index in [-0.39, 0.29) is 18.1 Å². The fraction of sp³-hybridized carbons (Fsp3) is 0.400. The molecular formula is C10H13N5O3. The number of nitrogen functional groups attached to an aromatic ring is 1. The van der Waals surface area contributed by atoms with Crippen molar-refractivity contribution in [3.63, 3.8) is 0 Å². The lowest BCUT2D eigenvalue weighted by Gasteiger charge is -2.03. The summed E-state index contributed by atoms with van der Waals surface area (Å²) in [6, 6.07) is 0. The summed E-state index contributed by atoms with van der Waals surface area (Å²) in [6.07, 6.45) is 3.29. The lowest BCUT2D eigenvalue weighted by molar-refractivity contribution is 0.0521. The van der Waals surface area contributed by atoms with Gasteiger partial charge in [-0.1, -0.05) is 5.16 Å². The summed E-state index contributed by atoms with van der Waals surface area (Å²) in [7, 11) is 0. The Morgan fingerprint density at radius 3 is 3.06 bits per heavy atom. The van der Waals surface area contributed by atoms with Gasteiger partial charge in [-0.3, -0.25) is 0 Å². The number of aromatic nitrogens is 4. The number of carbonyl (C=O) groups is 1. The van der Waals surface area contributed by atoms with Gasteiger partial charge in [-0.25, -0.2) is 9.78 Å². The third-order valence-electron chi connectivity index (χ3n) is 2.33. The fourth-order valence-electron chi connectivity index (χ4n) is 1.45. The smallest absolute Gasteiger partial charge is 0.360 e. The zero-order valence-electron chi connectivity index (χ0n) is 9.87. The predicted molar refractivity (Wildman–Crippen MR) is 60.6 cm³/mol. The number of hydrogen-bond acceptors (Lipinski definition) is 7. The van der Waals surface area contributed by atoms with Crippen molar-refractivity contribution in [1.82, 2.24) is 19.7 Å². The largest absolute Gasteiger partial charge is 0.461 e. The van der Waals surface area contributed by atoms with Gasteiger partial charge in [0.25, 0.3) is 0 Å². The molecule has 0 aromatic carbocycles. The van der Waals surface area contributed by atoms with Crippen molar-refractivity contribution in [1.29, 1.82) is 0 Å². The lowest BCUT2D eigenvalue weighted by Crippen LogP contribution is -2.11. The van der Waals surface area contributed by atoms with E-state index in [1.54, 1.807) is 11.5 Å². The van der Waals surface area contributed by atoms with Crippen LogP contribution in [0.25, 0.3) is 0 Å². The van der Waals surface area contributed by atoms with Crippen molar-refractivity contribution in [3.05, 3.63) is 24.2 Å². The van der Waals surface area contributed by atoms with E-state index >= 15 is 0 Å². The van der Waals surface area contributed by atoms with Crippen molar-refractivity contribution in [2.24, 2.45) is 0 Å². The number of esters is 1. The predicted octanol–water partition coefficient (Wildman–Crippen LogP) is 0.268. The first-order valence-electron chi connectivity index (χ1n) is 5.45. The van der Waals surface area contributed by atoms with E-state index in [1.807, 2.05) is 0 Å². The summed E-state index contributed by atoms with van der Waals surface area (Å²) in [4.78, 5) is 19.3. The number of hydrogen-bond donors (Lipinski definition) is 1. The molecule has 2 aromatic heterocycles. The van der Waals surface area contributed by atoms with E-state index in [4.69, 9.17) is 10.5 Å². The molecule has 0 unspecified atom stereocenters. The van der Waals surface area contributed by atoms with Crippen LogP contribution in [0.1, 0.15) is 23.2 Å². The highest BCUT2D eigenvalue weighted by Gasteiger charge is 2.16. The summed E-state index contributed by atoms with van der Waals surface area (Å²) in [5.74, 6) is 0.325. The maximum Gasteiger partial charge on any atom is 0.360 e. The van der Waals surface area contributed by atoms with Crippen LogP contribution < -0.4 is 5.73 Å². The Balaban J connectivity index is 2.04. The molecule has 0 aliphatic rings. The molecule has 0 atom stereocenters. The van der Waals surface area contributed by atoms with Gasteiger partial charge in [0.05, 0.1) is 12.9 Å². The minimum Gasteiger partial charge on any atom is -0.461 e. The molecule has 8 nitrogen and oxygen atoms in total. The van der Waals surface area contributed by atoms with Crippen LogP contribution in [0.5, 0.6) is 0 Å². The van der Waals surface area contributed by atoms with Crippen LogP contribution in [0.4, 0.5) is 5.82 Å². The quantitative estimate of drug-likeness (QED) is 0.759. The van der Waals surface area contributed by atoms with E-state index in [0.717, 1.165) is 0 Å². The average molecular weight is 251 g/mol. The summed E-state index contributed by atoms with van der Waals surface area (Å²) in [5.41, 5.74) is 5.94. The minimum absolute atomic E-state index is 0.130. The third-order valence-corrected chi connectivity index (χ3v) is 2.33. The van der Waals surface area contributed by atoms with Gasteiger partial charge in [0.15, 0.2) is 11.5 Å². The van der Waals surface area contributed by atoms with Gasteiger partial charge in [0, 0.05) is 13.0 Å². The molecule has 0 aliphatic heterocycles.